The normalized spacial score (nSPS) is 13.3. The Morgan fingerprint density at radius 1 is 1.24 bits per heavy atom. The fourth-order valence-electron chi connectivity index (χ4n) is 2.07. The van der Waals surface area contributed by atoms with Crippen LogP contribution in [-0.4, -0.2) is 31.6 Å². The van der Waals surface area contributed by atoms with Crippen molar-refractivity contribution in [3.8, 4) is 0 Å². The summed E-state index contributed by atoms with van der Waals surface area (Å²) in [7, 11) is 1.32. The molecule has 0 saturated carbocycles. The average Bonchev–Trinajstić information content (AvgIpc) is 2.53. The van der Waals surface area contributed by atoms with Gasteiger partial charge in [0.25, 0.3) is 0 Å². The maximum Gasteiger partial charge on any atom is 0.328 e. The van der Waals surface area contributed by atoms with Crippen LogP contribution in [0.3, 0.4) is 0 Å². The quantitative estimate of drug-likeness (QED) is 0.563. The van der Waals surface area contributed by atoms with E-state index in [1.165, 1.54) is 7.11 Å². The van der Waals surface area contributed by atoms with Gasteiger partial charge in [-0.1, -0.05) is 30.3 Å². The third kappa shape index (κ3) is 5.55. The Labute approximate surface area is 125 Å². The predicted octanol–water partition coefficient (Wildman–Crippen LogP) is 1.58. The van der Waals surface area contributed by atoms with Gasteiger partial charge in [-0.05, 0) is 38.3 Å². The minimum absolute atomic E-state index is 0.177. The number of unbranched alkanes of at least 4 members (excludes halogenated alkanes) is 1. The number of nitrogens with two attached hydrogens (primary N) is 1. The SMILES string of the molecule is COC(=O)[C@H](CCCCN)NC(=O)[C@H](C)c1ccccc1. The Morgan fingerprint density at radius 3 is 2.48 bits per heavy atom. The van der Waals surface area contributed by atoms with Crippen molar-refractivity contribution < 1.29 is 14.3 Å². The first-order valence-electron chi connectivity index (χ1n) is 7.23. The Balaban J connectivity index is 2.64. The van der Waals surface area contributed by atoms with E-state index < -0.39 is 12.0 Å². The zero-order chi connectivity index (χ0) is 15.7. The summed E-state index contributed by atoms with van der Waals surface area (Å²) in [5, 5.41) is 2.77. The second-order valence-electron chi connectivity index (χ2n) is 5.00. The number of rotatable bonds is 8. The molecule has 5 heteroatoms. The predicted molar refractivity (Wildman–Crippen MR) is 81.7 cm³/mol. The second-order valence-corrected chi connectivity index (χ2v) is 5.00. The van der Waals surface area contributed by atoms with Crippen LogP contribution in [0, 0.1) is 0 Å². The van der Waals surface area contributed by atoms with Gasteiger partial charge in [0.05, 0.1) is 13.0 Å². The number of nitrogens with one attached hydrogen (secondary N) is 1. The average molecular weight is 292 g/mol. The summed E-state index contributed by atoms with van der Waals surface area (Å²) in [5.41, 5.74) is 6.36. The van der Waals surface area contributed by atoms with Gasteiger partial charge in [-0.2, -0.15) is 0 Å². The van der Waals surface area contributed by atoms with Crippen molar-refractivity contribution in [3.63, 3.8) is 0 Å². The van der Waals surface area contributed by atoms with E-state index in [-0.39, 0.29) is 11.8 Å². The van der Waals surface area contributed by atoms with E-state index in [4.69, 9.17) is 10.5 Å². The molecule has 21 heavy (non-hydrogen) atoms. The summed E-state index contributed by atoms with van der Waals surface area (Å²) in [6.45, 7) is 2.39. The minimum Gasteiger partial charge on any atom is -0.467 e. The summed E-state index contributed by atoms with van der Waals surface area (Å²) in [5.74, 6) is -0.905. The number of carbonyl (C=O) groups excluding carboxylic acids is 2. The van der Waals surface area contributed by atoms with Crippen molar-refractivity contribution in [3.05, 3.63) is 35.9 Å². The minimum atomic E-state index is -0.611. The van der Waals surface area contributed by atoms with Crippen LogP contribution in [0.4, 0.5) is 0 Å². The summed E-state index contributed by atoms with van der Waals surface area (Å²) in [6, 6.07) is 8.85. The molecule has 0 saturated heterocycles. The lowest BCUT2D eigenvalue weighted by molar-refractivity contribution is -0.145. The molecular formula is C16H24N2O3. The monoisotopic (exact) mass is 292 g/mol. The van der Waals surface area contributed by atoms with Crippen molar-refractivity contribution in [2.75, 3.05) is 13.7 Å². The molecule has 1 aromatic carbocycles. The van der Waals surface area contributed by atoms with Crippen molar-refractivity contribution in [2.24, 2.45) is 5.73 Å². The van der Waals surface area contributed by atoms with E-state index >= 15 is 0 Å². The van der Waals surface area contributed by atoms with Crippen LogP contribution < -0.4 is 11.1 Å². The van der Waals surface area contributed by atoms with Gasteiger partial charge in [0.1, 0.15) is 6.04 Å². The third-order valence-electron chi connectivity index (χ3n) is 3.44. The lowest BCUT2D eigenvalue weighted by Crippen LogP contribution is -2.43. The number of hydrogen-bond acceptors (Lipinski definition) is 4. The molecule has 0 unspecified atom stereocenters. The molecule has 1 rings (SSSR count). The first-order valence-corrected chi connectivity index (χ1v) is 7.23. The molecule has 0 aliphatic carbocycles. The summed E-state index contributed by atoms with van der Waals surface area (Å²) >= 11 is 0. The number of hydrogen-bond donors (Lipinski definition) is 2. The third-order valence-corrected chi connectivity index (χ3v) is 3.44. The highest BCUT2D eigenvalue weighted by Gasteiger charge is 2.24. The van der Waals surface area contributed by atoms with Crippen LogP contribution in [0.5, 0.6) is 0 Å². The van der Waals surface area contributed by atoms with Gasteiger partial charge >= 0.3 is 5.97 Å². The topological polar surface area (TPSA) is 81.4 Å². The molecule has 5 nitrogen and oxygen atoms in total. The first kappa shape index (κ1) is 17.2. The Bertz CT molecular complexity index is 448. The zero-order valence-corrected chi connectivity index (χ0v) is 12.7. The standard InChI is InChI=1S/C16H24N2O3/c1-12(13-8-4-3-5-9-13)15(19)18-14(16(20)21-2)10-6-7-11-17/h3-5,8-9,12,14H,6-7,10-11,17H2,1-2H3,(H,18,19)/t12-,14+/m1/s1. The molecule has 0 fully saturated rings. The highest BCUT2D eigenvalue weighted by atomic mass is 16.5. The summed E-state index contributed by atoms with van der Waals surface area (Å²) in [4.78, 5) is 24.0. The number of ether oxygens (including phenoxy) is 1. The molecule has 2 atom stereocenters. The van der Waals surface area contributed by atoms with Gasteiger partial charge in [-0.25, -0.2) is 4.79 Å². The van der Waals surface area contributed by atoms with Crippen LogP contribution in [0.25, 0.3) is 0 Å². The van der Waals surface area contributed by atoms with E-state index in [2.05, 4.69) is 5.32 Å². The van der Waals surface area contributed by atoms with Crippen molar-refractivity contribution in [1.82, 2.24) is 5.32 Å². The van der Waals surface area contributed by atoms with Crippen LogP contribution in [0.2, 0.25) is 0 Å². The van der Waals surface area contributed by atoms with Gasteiger partial charge in [-0.15, -0.1) is 0 Å². The summed E-state index contributed by atoms with van der Waals surface area (Å²) < 4.78 is 4.74. The Morgan fingerprint density at radius 2 is 1.90 bits per heavy atom. The molecule has 0 aliphatic heterocycles. The smallest absolute Gasteiger partial charge is 0.328 e. The zero-order valence-electron chi connectivity index (χ0n) is 12.7. The maximum atomic E-state index is 12.3. The molecule has 0 spiro atoms. The van der Waals surface area contributed by atoms with E-state index in [9.17, 15) is 9.59 Å². The Hall–Kier alpha value is -1.88. The molecule has 1 amide bonds. The Kier molecular flexibility index (Phi) is 7.46. The fraction of sp³-hybridized carbons (Fsp3) is 0.500. The van der Waals surface area contributed by atoms with Gasteiger partial charge in [-0.3, -0.25) is 4.79 Å². The molecule has 1 aromatic rings. The first-order chi connectivity index (χ1) is 10.1. The molecule has 0 aliphatic rings. The molecular weight excluding hydrogens is 268 g/mol. The highest BCUT2D eigenvalue weighted by molar-refractivity contribution is 5.88. The number of methoxy groups -OCH3 is 1. The molecule has 3 N–H and O–H groups in total. The number of benzene rings is 1. The molecule has 0 aromatic heterocycles. The number of esters is 1. The van der Waals surface area contributed by atoms with E-state index in [0.29, 0.717) is 13.0 Å². The van der Waals surface area contributed by atoms with Crippen molar-refractivity contribution in [1.29, 1.82) is 0 Å². The molecule has 0 radical (unpaired) electrons. The van der Waals surface area contributed by atoms with E-state index in [1.807, 2.05) is 37.3 Å². The van der Waals surface area contributed by atoms with Crippen molar-refractivity contribution in [2.45, 2.75) is 38.1 Å². The number of amides is 1. The lowest BCUT2D eigenvalue weighted by Gasteiger charge is -2.19. The van der Waals surface area contributed by atoms with Crippen LogP contribution in [0.1, 0.15) is 37.7 Å². The molecule has 0 heterocycles. The van der Waals surface area contributed by atoms with E-state index in [1.54, 1.807) is 0 Å². The largest absolute Gasteiger partial charge is 0.467 e. The molecule has 116 valence electrons. The van der Waals surface area contributed by atoms with Gasteiger partial charge < -0.3 is 15.8 Å². The van der Waals surface area contributed by atoms with Crippen molar-refractivity contribution >= 4 is 11.9 Å². The maximum absolute atomic E-state index is 12.3. The van der Waals surface area contributed by atoms with Crippen LogP contribution >= 0.6 is 0 Å². The van der Waals surface area contributed by atoms with E-state index in [0.717, 1.165) is 18.4 Å². The van der Waals surface area contributed by atoms with Gasteiger partial charge in [0, 0.05) is 0 Å². The van der Waals surface area contributed by atoms with Gasteiger partial charge in [0.2, 0.25) is 5.91 Å². The fourth-order valence-corrected chi connectivity index (χ4v) is 2.07. The second kappa shape index (κ2) is 9.13. The highest BCUT2D eigenvalue weighted by Crippen LogP contribution is 2.15. The number of carbonyl (C=O) groups is 2. The van der Waals surface area contributed by atoms with Crippen LogP contribution in [-0.2, 0) is 14.3 Å². The molecule has 0 bridgehead atoms. The van der Waals surface area contributed by atoms with Crippen LogP contribution in [0.15, 0.2) is 30.3 Å². The van der Waals surface area contributed by atoms with Gasteiger partial charge in [0.15, 0.2) is 0 Å². The lowest BCUT2D eigenvalue weighted by atomic mass is 9.99. The summed E-state index contributed by atoms with van der Waals surface area (Å²) in [6.07, 6.45) is 2.13.